The second-order valence-corrected chi connectivity index (χ2v) is 4.73. The maximum atomic E-state index is 11.6. The lowest BCUT2D eigenvalue weighted by molar-refractivity contribution is -0.116. The summed E-state index contributed by atoms with van der Waals surface area (Å²) in [5.74, 6) is -0.0846. The van der Waals surface area contributed by atoms with Gasteiger partial charge in [-0.05, 0) is 38.5 Å². The Balaban J connectivity index is 2.54. The number of amides is 1. The number of benzene rings is 1. The molecule has 0 fully saturated rings. The SMILES string of the molecule is CC(C)(N)CCC(=O)Nc1cccc(C#N)c1. The molecule has 0 heterocycles. The monoisotopic (exact) mass is 231 g/mol. The van der Waals surface area contributed by atoms with Gasteiger partial charge < -0.3 is 11.1 Å². The van der Waals surface area contributed by atoms with Crippen LogP contribution < -0.4 is 11.1 Å². The van der Waals surface area contributed by atoms with Gasteiger partial charge in [-0.3, -0.25) is 4.79 Å². The molecule has 0 aromatic heterocycles. The normalized spacial score (nSPS) is 10.7. The fourth-order valence-corrected chi connectivity index (χ4v) is 1.33. The first-order valence-electron chi connectivity index (χ1n) is 5.49. The molecule has 1 amide bonds. The van der Waals surface area contributed by atoms with Gasteiger partial charge in [-0.15, -0.1) is 0 Å². The highest BCUT2D eigenvalue weighted by Gasteiger charge is 2.13. The second kappa shape index (κ2) is 5.46. The van der Waals surface area contributed by atoms with Crippen molar-refractivity contribution in [2.45, 2.75) is 32.2 Å². The van der Waals surface area contributed by atoms with Crippen LogP contribution in [0.15, 0.2) is 24.3 Å². The zero-order chi connectivity index (χ0) is 12.9. The molecule has 0 spiro atoms. The molecular formula is C13H17N3O. The number of nitrogens with one attached hydrogen (secondary N) is 1. The van der Waals surface area contributed by atoms with Gasteiger partial charge in [0.1, 0.15) is 0 Å². The van der Waals surface area contributed by atoms with Crippen molar-refractivity contribution < 1.29 is 4.79 Å². The fourth-order valence-electron chi connectivity index (χ4n) is 1.33. The Bertz CT molecular complexity index is 441. The average Bonchev–Trinajstić information content (AvgIpc) is 2.26. The van der Waals surface area contributed by atoms with Crippen LogP contribution in [0.3, 0.4) is 0 Å². The molecule has 4 heteroatoms. The van der Waals surface area contributed by atoms with Gasteiger partial charge >= 0.3 is 0 Å². The number of hydrogen-bond donors (Lipinski definition) is 2. The van der Waals surface area contributed by atoms with E-state index in [2.05, 4.69) is 5.32 Å². The third-order valence-corrected chi connectivity index (χ3v) is 2.27. The van der Waals surface area contributed by atoms with E-state index in [9.17, 15) is 4.79 Å². The number of carbonyl (C=O) groups is 1. The summed E-state index contributed by atoms with van der Waals surface area (Å²) in [5, 5.41) is 11.5. The molecule has 17 heavy (non-hydrogen) atoms. The molecule has 4 nitrogen and oxygen atoms in total. The van der Waals surface area contributed by atoms with Crippen molar-refractivity contribution in [3.63, 3.8) is 0 Å². The average molecular weight is 231 g/mol. The third kappa shape index (κ3) is 5.14. The summed E-state index contributed by atoms with van der Waals surface area (Å²) >= 11 is 0. The summed E-state index contributed by atoms with van der Waals surface area (Å²) in [6.45, 7) is 3.77. The maximum Gasteiger partial charge on any atom is 0.224 e. The van der Waals surface area contributed by atoms with Crippen LogP contribution >= 0.6 is 0 Å². The molecule has 0 aliphatic heterocycles. The van der Waals surface area contributed by atoms with Gasteiger partial charge in [0, 0.05) is 17.6 Å². The summed E-state index contributed by atoms with van der Waals surface area (Å²) in [6.07, 6.45) is 0.997. The molecule has 3 N–H and O–H groups in total. The number of nitrogens with two attached hydrogens (primary N) is 1. The van der Waals surface area contributed by atoms with Crippen LogP contribution in [-0.2, 0) is 4.79 Å². The Morgan fingerprint density at radius 1 is 1.53 bits per heavy atom. The van der Waals surface area contributed by atoms with Crippen LogP contribution in [0, 0.1) is 11.3 Å². The minimum absolute atomic E-state index is 0.0846. The highest BCUT2D eigenvalue weighted by atomic mass is 16.1. The highest BCUT2D eigenvalue weighted by Crippen LogP contribution is 2.12. The Hall–Kier alpha value is -1.86. The molecule has 0 saturated carbocycles. The highest BCUT2D eigenvalue weighted by molar-refractivity contribution is 5.90. The zero-order valence-corrected chi connectivity index (χ0v) is 10.2. The van der Waals surface area contributed by atoms with E-state index < -0.39 is 0 Å². The van der Waals surface area contributed by atoms with Crippen LogP contribution in [0.25, 0.3) is 0 Å². The van der Waals surface area contributed by atoms with Crippen molar-refractivity contribution in [1.82, 2.24) is 0 Å². The van der Waals surface area contributed by atoms with Gasteiger partial charge in [-0.25, -0.2) is 0 Å². The molecule has 0 saturated heterocycles. The Morgan fingerprint density at radius 3 is 2.82 bits per heavy atom. The van der Waals surface area contributed by atoms with E-state index in [1.165, 1.54) is 0 Å². The molecule has 0 bridgehead atoms. The molecular weight excluding hydrogens is 214 g/mol. The van der Waals surface area contributed by atoms with Crippen molar-refractivity contribution in [1.29, 1.82) is 5.26 Å². The van der Waals surface area contributed by atoms with Gasteiger partial charge in [0.15, 0.2) is 0 Å². The van der Waals surface area contributed by atoms with Crippen molar-refractivity contribution in [3.8, 4) is 6.07 Å². The number of rotatable bonds is 4. The summed E-state index contributed by atoms with van der Waals surface area (Å²) in [6, 6.07) is 8.86. The number of nitrogens with zero attached hydrogens (tertiary/aromatic N) is 1. The molecule has 0 aliphatic rings. The summed E-state index contributed by atoms with van der Waals surface area (Å²) in [4.78, 5) is 11.6. The minimum Gasteiger partial charge on any atom is -0.326 e. The Kier molecular flexibility index (Phi) is 4.24. The van der Waals surface area contributed by atoms with Gasteiger partial charge in [-0.2, -0.15) is 5.26 Å². The lowest BCUT2D eigenvalue weighted by atomic mass is 10.00. The van der Waals surface area contributed by atoms with Crippen molar-refractivity contribution in [2.24, 2.45) is 5.73 Å². The van der Waals surface area contributed by atoms with E-state index in [1.807, 2.05) is 19.9 Å². The van der Waals surface area contributed by atoms with E-state index in [0.29, 0.717) is 24.1 Å². The lowest BCUT2D eigenvalue weighted by Gasteiger charge is -2.17. The fraction of sp³-hybridized carbons (Fsp3) is 0.385. The largest absolute Gasteiger partial charge is 0.326 e. The molecule has 0 atom stereocenters. The summed E-state index contributed by atoms with van der Waals surface area (Å²) < 4.78 is 0. The standard InChI is InChI=1S/C13H17N3O/c1-13(2,15)7-6-12(17)16-11-5-3-4-10(8-11)9-14/h3-5,8H,6-7,15H2,1-2H3,(H,16,17). The van der Waals surface area contributed by atoms with Crippen LogP contribution in [0.2, 0.25) is 0 Å². The molecule has 1 rings (SSSR count). The van der Waals surface area contributed by atoms with Crippen molar-refractivity contribution in [3.05, 3.63) is 29.8 Å². The second-order valence-electron chi connectivity index (χ2n) is 4.73. The van der Waals surface area contributed by atoms with Crippen molar-refractivity contribution in [2.75, 3.05) is 5.32 Å². The molecule has 90 valence electrons. The van der Waals surface area contributed by atoms with Gasteiger partial charge in [0.25, 0.3) is 0 Å². The smallest absolute Gasteiger partial charge is 0.224 e. The third-order valence-electron chi connectivity index (χ3n) is 2.27. The summed E-state index contributed by atoms with van der Waals surface area (Å²) in [5.41, 5.74) is 6.63. The Labute approximate surface area is 101 Å². The number of nitriles is 1. The van der Waals surface area contributed by atoms with Crippen LogP contribution in [0.1, 0.15) is 32.3 Å². The van der Waals surface area contributed by atoms with E-state index >= 15 is 0 Å². The molecule has 0 radical (unpaired) electrons. The van der Waals surface area contributed by atoms with Crippen LogP contribution in [0.5, 0.6) is 0 Å². The van der Waals surface area contributed by atoms with Crippen LogP contribution in [-0.4, -0.2) is 11.4 Å². The first-order valence-corrected chi connectivity index (χ1v) is 5.49. The first kappa shape index (κ1) is 13.2. The minimum atomic E-state index is -0.341. The topological polar surface area (TPSA) is 78.9 Å². The van der Waals surface area contributed by atoms with Gasteiger partial charge in [0.05, 0.1) is 11.6 Å². The number of hydrogen-bond acceptors (Lipinski definition) is 3. The maximum absolute atomic E-state index is 11.6. The number of carbonyl (C=O) groups excluding carboxylic acids is 1. The number of anilines is 1. The molecule has 1 aromatic carbocycles. The molecule has 0 aliphatic carbocycles. The summed E-state index contributed by atoms with van der Waals surface area (Å²) in [7, 11) is 0. The van der Waals surface area contributed by atoms with Crippen molar-refractivity contribution >= 4 is 11.6 Å². The molecule has 0 unspecified atom stereocenters. The van der Waals surface area contributed by atoms with Gasteiger partial charge in [-0.1, -0.05) is 6.07 Å². The predicted octanol–water partition coefficient (Wildman–Crippen LogP) is 2.01. The Morgan fingerprint density at radius 2 is 2.24 bits per heavy atom. The van der Waals surface area contributed by atoms with E-state index in [1.54, 1.807) is 24.3 Å². The van der Waals surface area contributed by atoms with Gasteiger partial charge in [0.2, 0.25) is 5.91 Å². The predicted molar refractivity (Wildman–Crippen MR) is 67.3 cm³/mol. The lowest BCUT2D eigenvalue weighted by Crippen LogP contribution is -2.33. The molecule has 1 aromatic rings. The quantitative estimate of drug-likeness (QED) is 0.832. The first-order chi connectivity index (χ1) is 7.90. The van der Waals surface area contributed by atoms with E-state index in [-0.39, 0.29) is 11.4 Å². The van der Waals surface area contributed by atoms with E-state index in [4.69, 9.17) is 11.0 Å². The van der Waals surface area contributed by atoms with Crippen LogP contribution in [0.4, 0.5) is 5.69 Å². The zero-order valence-electron chi connectivity index (χ0n) is 10.2. The van der Waals surface area contributed by atoms with E-state index in [0.717, 1.165) is 0 Å².